The molecule has 0 amide bonds. The summed E-state index contributed by atoms with van der Waals surface area (Å²) in [6.45, 7) is 11.5. The van der Waals surface area contributed by atoms with E-state index in [1.165, 1.54) is 22.3 Å². The summed E-state index contributed by atoms with van der Waals surface area (Å²) in [6.07, 6.45) is 3.72. The highest BCUT2D eigenvalue weighted by atomic mass is 35.5. The Labute approximate surface area is 122 Å². The Kier molecular flexibility index (Phi) is 8.32. The van der Waals surface area contributed by atoms with Crippen molar-refractivity contribution in [2.75, 3.05) is 0 Å². The van der Waals surface area contributed by atoms with Gasteiger partial charge in [0, 0.05) is 0 Å². The van der Waals surface area contributed by atoms with Gasteiger partial charge in [-0.1, -0.05) is 79.4 Å². The van der Waals surface area contributed by atoms with Gasteiger partial charge in [0.05, 0.1) is 0 Å². The number of halogens is 1. The molecule has 0 saturated heterocycles. The van der Waals surface area contributed by atoms with Crippen LogP contribution >= 0.6 is 12.4 Å². The molecule has 0 saturated carbocycles. The molecule has 0 spiro atoms. The van der Waals surface area contributed by atoms with Crippen LogP contribution < -0.4 is 0 Å². The van der Waals surface area contributed by atoms with Crippen LogP contribution in [0.25, 0.3) is 12.2 Å². The summed E-state index contributed by atoms with van der Waals surface area (Å²) >= 11 is 0. The third kappa shape index (κ3) is 6.08. The summed E-state index contributed by atoms with van der Waals surface area (Å²) in [5.74, 6) is 0. The lowest BCUT2D eigenvalue weighted by molar-refractivity contribution is 1.38. The van der Waals surface area contributed by atoms with Crippen LogP contribution in [0.3, 0.4) is 0 Å². The molecule has 0 aromatic heterocycles. The molecule has 0 fully saturated rings. The second-order valence-corrected chi connectivity index (χ2v) is 4.18. The Morgan fingerprint density at radius 1 is 0.842 bits per heavy atom. The van der Waals surface area contributed by atoms with Crippen molar-refractivity contribution in [2.45, 2.75) is 13.8 Å². The van der Waals surface area contributed by atoms with Crippen molar-refractivity contribution in [2.24, 2.45) is 0 Å². The molecule has 2 rings (SSSR count). The van der Waals surface area contributed by atoms with Gasteiger partial charge < -0.3 is 0 Å². The molecule has 0 radical (unpaired) electrons. The minimum atomic E-state index is 0. The molecule has 0 heterocycles. The van der Waals surface area contributed by atoms with Crippen molar-refractivity contribution >= 4 is 24.6 Å². The molecule has 0 N–H and O–H groups in total. The van der Waals surface area contributed by atoms with E-state index < -0.39 is 0 Å². The van der Waals surface area contributed by atoms with Crippen molar-refractivity contribution in [1.29, 1.82) is 0 Å². The van der Waals surface area contributed by atoms with Crippen LogP contribution in [0, 0.1) is 13.8 Å². The molecular weight excluding hydrogens is 252 g/mol. The van der Waals surface area contributed by atoms with Gasteiger partial charge >= 0.3 is 0 Å². The average Bonchev–Trinajstić information content (AvgIpc) is 2.43. The quantitative estimate of drug-likeness (QED) is 0.658. The number of benzene rings is 2. The molecule has 19 heavy (non-hydrogen) atoms. The fourth-order valence-electron chi connectivity index (χ4n) is 1.57. The molecule has 0 atom stereocenters. The van der Waals surface area contributed by atoms with Crippen molar-refractivity contribution in [3.8, 4) is 0 Å². The van der Waals surface area contributed by atoms with Crippen molar-refractivity contribution in [3.63, 3.8) is 0 Å². The van der Waals surface area contributed by atoms with Crippen LogP contribution in [0.4, 0.5) is 0 Å². The number of hydrogen-bond acceptors (Lipinski definition) is 0. The van der Waals surface area contributed by atoms with E-state index in [-0.39, 0.29) is 12.4 Å². The molecular formula is C18H21Cl. The predicted octanol–water partition coefficient (Wildman–Crippen LogP) is 5.70. The number of hydrogen-bond donors (Lipinski definition) is 0. The molecule has 0 aliphatic rings. The zero-order valence-electron chi connectivity index (χ0n) is 11.6. The van der Waals surface area contributed by atoms with Gasteiger partial charge in [0.25, 0.3) is 0 Å². The Morgan fingerprint density at radius 3 is 1.89 bits per heavy atom. The van der Waals surface area contributed by atoms with Gasteiger partial charge in [-0.3, -0.25) is 0 Å². The first kappa shape index (κ1) is 17.2. The SMILES string of the molecule is C=Cc1cc(C)ccc1C.C=Cc1ccccc1.Cl. The van der Waals surface area contributed by atoms with Crippen molar-refractivity contribution in [1.82, 2.24) is 0 Å². The smallest absolute Gasteiger partial charge is 0.0231 e. The van der Waals surface area contributed by atoms with Gasteiger partial charge in [0.2, 0.25) is 0 Å². The molecule has 1 heteroatoms. The van der Waals surface area contributed by atoms with E-state index in [9.17, 15) is 0 Å². The minimum Gasteiger partial charge on any atom is -0.147 e. The summed E-state index contributed by atoms with van der Waals surface area (Å²) in [7, 11) is 0. The molecule has 0 aliphatic carbocycles. The minimum absolute atomic E-state index is 0. The van der Waals surface area contributed by atoms with E-state index in [0.29, 0.717) is 0 Å². The maximum atomic E-state index is 3.73. The van der Waals surface area contributed by atoms with E-state index in [4.69, 9.17) is 0 Å². The summed E-state index contributed by atoms with van der Waals surface area (Å²) in [5.41, 5.74) is 4.99. The normalized spacial score (nSPS) is 8.53. The van der Waals surface area contributed by atoms with E-state index in [1.54, 1.807) is 0 Å². The zero-order valence-corrected chi connectivity index (χ0v) is 12.4. The van der Waals surface area contributed by atoms with Crippen LogP contribution in [-0.2, 0) is 0 Å². The lowest BCUT2D eigenvalue weighted by Crippen LogP contribution is -1.80. The first-order valence-electron chi connectivity index (χ1n) is 6.04. The van der Waals surface area contributed by atoms with Crippen molar-refractivity contribution in [3.05, 3.63) is 83.9 Å². The van der Waals surface area contributed by atoms with Crippen molar-refractivity contribution < 1.29 is 0 Å². The maximum absolute atomic E-state index is 3.73. The molecule has 0 unspecified atom stereocenters. The van der Waals surface area contributed by atoms with Crippen LogP contribution in [0.2, 0.25) is 0 Å². The van der Waals surface area contributed by atoms with Gasteiger partial charge in [-0.2, -0.15) is 0 Å². The second kappa shape index (κ2) is 9.18. The topological polar surface area (TPSA) is 0 Å². The summed E-state index contributed by atoms with van der Waals surface area (Å²) in [5, 5.41) is 0. The highest BCUT2D eigenvalue weighted by molar-refractivity contribution is 5.85. The molecule has 0 nitrogen and oxygen atoms in total. The van der Waals surface area contributed by atoms with Crippen LogP contribution in [-0.4, -0.2) is 0 Å². The van der Waals surface area contributed by atoms with Gasteiger partial charge in [-0.25, -0.2) is 0 Å². The predicted molar refractivity (Wildman–Crippen MR) is 89.8 cm³/mol. The summed E-state index contributed by atoms with van der Waals surface area (Å²) in [6, 6.07) is 16.4. The summed E-state index contributed by atoms with van der Waals surface area (Å²) < 4.78 is 0. The van der Waals surface area contributed by atoms with E-state index in [0.717, 1.165) is 0 Å². The van der Waals surface area contributed by atoms with Gasteiger partial charge in [-0.05, 0) is 30.5 Å². The fraction of sp³-hybridized carbons (Fsp3) is 0.111. The molecule has 100 valence electrons. The maximum Gasteiger partial charge on any atom is -0.0231 e. The van der Waals surface area contributed by atoms with Crippen LogP contribution in [0.1, 0.15) is 22.3 Å². The third-order valence-corrected chi connectivity index (χ3v) is 2.69. The van der Waals surface area contributed by atoms with Gasteiger partial charge in [-0.15, -0.1) is 12.4 Å². The van der Waals surface area contributed by atoms with E-state index in [1.807, 2.05) is 42.5 Å². The zero-order chi connectivity index (χ0) is 13.4. The first-order chi connectivity index (χ1) is 8.67. The van der Waals surface area contributed by atoms with Crippen LogP contribution in [0.5, 0.6) is 0 Å². The molecule has 2 aromatic carbocycles. The van der Waals surface area contributed by atoms with Crippen LogP contribution in [0.15, 0.2) is 61.7 Å². The largest absolute Gasteiger partial charge is 0.147 e. The lowest BCUT2D eigenvalue weighted by Gasteiger charge is -1.99. The Bertz CT molecular complexity index is 512. The Morgan fingerprint density at radius 2 is 1.47 bits per heavy atom. The third-order valence-electron chi connectivity index (χ3n) is 2.69. The van der Waals surface area contributed by atoms with Gasteiger partial charge in [0.1, 0.15) is 0 Å². The Balaban J connectivity index is 0.000000331. The Hall–Kier alpha value is -1.79. The second-order valence-electron chi connectivity index (χ2n) is 4.18. The highest BCUT2D eigenvalue weighted by Gasteiger charge is 1.91. The standard InChI is InChI=1S/C10H12.C8H8.ClH/c1-4-10-7-8(2)5-6-9(10)3;1-2-8-6-4-3-5-7-8;/h4-7H,1H2,2-3H3;2-7H,1H2;1H. The fourth-order valence-corrected chi connectivity index (χ4v) is 1.57. The molecule has 0 bridgehead atoms. The molecule has 0 aliphatic heterocycles. The monoisotopic (exact) mass is 272 g/mol. The highest BCUT2D eigenvalue weighted by Crippen LogP contribution is 2.10. The summed E-state index contributed by atoms with van der Waals surface area (Å²) in [4.78, 5) is 0. The van der Waals surface area contributed by atoms with E-state index in [2.05, 4.69) is 45.2 Å². The average molecular weight is 273 g/mol. The number of rotatable bonds is 2. The first-order valence-corrected chi connectivity index (χ1v) is 6.04. The molecule has 2 aromatic rings. The van der Waals surface area contributed by atoms with Gasteiger partial charge in [0.15, 0.2) is 0 Å². The van der Waals surface area contributed by atoms with E-state index >= 15 is 0 Å². The lowest BCUT2D eigenvalue weighted by atomic mass is 10.1. The number of aryl methyl sites for hydroxylation is 2.